The first-order valence-electron chi connectivity index (χ1n) is 6.85. The van der Waals surface area contributed by atoms with Crippen LogP contribution in [0.3, 0.4) is 0 Å². The molecular formula is C16H21N3O. The Balaban J connectivity index is 2.10. The summed E-state index contributed by atoms with van der Waals surface area (Å²) < 4.78 is 2.09. The lowest BCUT2D eigenvalue weighted by Gasteiger charge is -2.14. The Morgan fingerprint density at radius 2 is 1.95 bits per heavy atom. The average Bonchev–Trinajstić information content (AvgIpc) is 2.85. The van der Waals surface area contributed by atoms with Crippen LogP contribution in [0.2, 0.25) is 0 Å². The molecule has 4 nitrogen and oxygen atoms in total. The predicted octanol–water partition coefficient (Wildman–Crippen LogP) is 3.29. The zero-order chi connectivity index (χ0) is 14.5. The molecule has 20 heavy (non-hydrogen) atoms. The lowest BCUT2D eigenvalue weighted by atomic mass is 10.1. The van der Waals surface area contributed by atoms with Gasteiger partial charge in [0.25, 0.3) is 0 Å². The summed E-state index contributed by atoms with van der Waals surface area (Å²) in [5, 5.41) is 6.34. The molecule has 1 aromatic carbocycles. The monoisotopic (exact) mass is 271 g/mol. The number of amides is 1. The highest BCUT2D eigenvalue weighted by Gasteiger charge is 2.06. The summed E-state index contributed by atoms with van der Waals surface area (Å²) in [7, 11) is 2.03. The zero-order valence-corrected chi connectivity index (χ0v) is 12.2. The molecule has 2 rings (SSSR count). The van der Waals surface area contributed by atoms with E-state index in [4.69, 9.17) is 0 Å². The second-order valence-electron chi connectivity index (χ2n) is 4.84. The summed E-state index contributed by atoms with van der Waals surface area (Å²) in [5.41, 5.74) is 4.18. The number of aromatic nitrogens is 1. The number of rotatable bonds is 5. The largest absolute Gasteiger partial charge is 0.379 e. The van der Waals surface area contributed by atoms with E-state index in [9.17, 15) is 4.79 Å². The van der Waals surface area contributed by atoms with E-state index >= 15 is 0 Å². The molecule has 0 aliphatic rings. The topological polar surface area (TPSA) is 46.1 Å². The predicted molar refractivity (Wildman–Crippen MR) is 82.8 cm³/mol. The van der Waals surface area contributed by atoms with Gasteiger partial charge in [-0.1, -0.05) is 13.0 Å². The van der Waals surface area contributed by atoms with Gasteiger partial charge in [-0.05, 0) is 36.8 Å². The van der Waals surface area contributed by atoms with E-state index < -0.39 is 0 Å². The molecule has 106 valence electrons. The van der Waals surface area contributed by atoms with Crippen LogP contribution < -0.4 is 10.6 Å². The van der Waals surface area contributed by atoms with Crippen molar-refractivity contribution in [1.82, 2.24) is 4.57 Å². The highest BCUT2D eigenvalue weighted by atomic mass is 16.1. The van der Waals surface area contributed by atoms with Crippen LogP contribution in [0.4, 0.5) is 11.4 Å². The number of benzene rings is 1. The Labute approximate surface area is 119 Å². The van der Waals surface area contributed by atoms with Gasteiger partial charge in [-0.2, -0.15) is 0 Å². The summed E-state index contributed by atoms with van der Waals surface area (Å²) in [6.07, 6.45) is 2.52. The van der Waals surface area contributed by atoms with Crippen LogP contribution in [0, 0.1) is 6.92 Å². The van der Waals surface area contributed by atoms with Gasteiger partial charge >= 0.3 is 0 Å². The molecule has 2 aromatic rings. The van der Waals surface area contributed by atoms with Gasteiger partial charge in [0.15, 0.2) is 0 Å². The lowest BCUT2D eigenvalue weighted by Crippen LogP contribution is -2.12. The van der Waals surface area contributed by atoms with E-state index in [1.54, 1.807) is 0 Å². The van der Waals surface area contributed by atoms with E-state index in [0.29, 0.717) is 6.42 Å². The molecular weight excluding hydrogens is 250 g/mol. The van der Waals surface area contributed by atoms with Gasteiger partial charge in [-0.25, -0.2) is 0 Å². The Kier molecular flexibility index (Phi) is 4.45. The van der Waals surface area contributed by atoms with Gasteiger partial charge in [-0.3, -0.25) is 4.79 Å². The fourth-order valence-corrected chi connectivity index (χ4v) is 2.07. The molecule has 0 atom stereocenters. The molecule has 0 saturated carbocycles. The third-order valence-electron chi connectivity index (χ3n) is 3.44. The van der Waals surface area contributed by atoms with Crippen LogP contribution in [0.1, 0.15) is 24.6 Å². The Bertz CT molecular complexity index is 602. The van der Waals surface area contributed by atoms with Crippen molar-refractivity contribution in [2.75, 3.05) is 10.6 Å². The molecule has 0 fully saturated rings. The highest BCUT2D eigenvalue weighted by molar-refractivity contribution is 5.92. The van der Waals surface area contributed by atoms with Crippen molar-refractivity contribution in [3.05, 3.63) is 47.8 Å². The fraction of sp³-hybridized carbons (Fsp3) is 0.312. The molecule has 1 amide bonds. The van der Waals surface area contributed by atoms with E-state index in [1.807, 2.05) is 51.4 Å². The molecule has 1 aromatic heterocycles. The number of carbonyl (C=O) groups excluding carboxylic acids is 1. The fourth-order valence-electron chi connectivity index (χ4n) is 2.07. The third kappa shape index (κ3) is 3.20. The molecule has 0 aliphatic heterocycles. The molecule has 0 bridgehead atoms. The minimum Gasteiger partial charge on any atom is -0.379 e. The number of hydrogen-bond acceptors (Lipinski definition) is 2. The maximum Gasteiger partial charge on any atom is 0.224 e. The highest BCUT2D eigenvalue weighted by Crippen LogP contribution is 2.24. The molecule has 1 heterocycles. The van der Waals surface area contributed by atoms with Crippen LogP contribution in [0.15, 0.2) is 36.5 Å². The standard InChI is InChI=1S/C16H21N3O/c1-4-16(20)18-15-9-5-8-14(12(15)2)17-11-13-7-6-10-19(13)3/h5-10,17H,4,11H2,1-3H3,(H,18,20). The summed E-state index contributed by atoms with van der Waals surface area (Å²) in [5.74, 6) is 0.0349. The number of hydrogen-bond donors (Lipinski definition) is 2. The molecule has 2 N–H and O–H groups in total. The maximum absolute atomic E-state index is 11.5. The van der Waals surface area contributed by atoms with Crippen LogP contribution in [-0.2, 0) is 18.4 Å². The Morgan fingerprint density at radius 1 is 1.20 bits per heavy atom. The first-order chi connectivity index (χ1) is 9.61. The van der Waals surface area contributed by atoms with Gasteiger partial charge < -0.3 is 15.2 Å². The average molecular weight is 271 g/mol. The Morgan fingerprint density at radius 3 is 2.60 bits per heavy atom. The van der Waals surface area contributed by atoms with Crippen LogP contribution in [-0.4, -0.2) is 10.5 Å². The van der Waals surface area contributed by atoms with Crippen molar-refractivity contribution in [2.45, 2.75) is 26.8 Å². The van der Waals surface area contributed by atoms with Crippen molar-refractivity contribution < 1.29 is 4.79 Å². The van der Waals surface area contributed by atoms with Gasteiger partial charge in [0.2, 0.25) is 5.91 Å². The van der Waals surface area contributed by atoms with E-state index in [0.717, 1.165) is 23.5 Å². The minimum atomic E-state index is 0.0349. The normalized spacial score (nSPS) is 10.3. The first kappa shape index (κ1) is 14.2. The number of anilines is 2. The van der Waals surface area contributed by atoms with Crippen LogP contribution >= 0.6 is 0 Å². The smallest absolute Gasteiger partial charge is 0.224 e. The molecule has 0 spiro atoms. The summed E-state index contributed by atoms with van der Waals surface area (Å²) >= 11 is 0. The Hall–Kier alpha value is -2.23. The number of nitrogens with zero attached hydrogens (tertiary/aromatic N) is 1. The van der Waals surface area contributed by atoms with E-state index in [-0.39, 0.29) is 5.91 Å². The molecule has 0 saturated heterocycles. The van der Waals surface area contributed by atoms with Crippen molar-refractivity contribution in [1.29, 1.82) is 0 Å². The second kappa shape index (κ2) is 6.28. The molecule has 4 heteroatoms. The number of nitrogens with one attached hydrogen (secondary N) is 2. The lowest BCUT2D eigenvalue weighted by molar-refractivity contribution is -0.115. The number of aryl methyl sites for hydroxylation is 1. The summed E-state index contributed by atoms with van der Waals surface area (Å²) in [6, 6.07) is 10.0. The SMILES string of the molecule is CCC(=O)Nc1cccc(NCc2cccn2C)c1C. The van der Waals surface area contributed by atoms with Gasteiger partial charge in [0.05, 0.1) is 6.54 Å². The maximum atomic E-state index is 11.5. The van der Waals surface area contributed by atoms with Crippen molar-refractivity contribution in [3.8, 4) is 0 Å². The zero-order valence-electron chi connectivity index (χ0n) is 12.2. The quantitative estimate of drug-likeness (QED) is 0.876. The van der Waals surface area contributed by atoms with Crippen molar-refractivity contribution in [2.24, 2.45) is 7.05 Å². The molecule has 0 unspecified atom stereocenters. The molecule has 0 aliphatic carbocycles. The first-order valence-corrected chi connectivity index (χ1v) is 6.85. The summed E-state index contributed by atoms with van der Waals surface area (Å²) in [6.45, 7) is 4.62. The van der Waals surface area contributed by atoms with Crippen molar-refractivity contribution >= 4 is 17.3 Å². The second-order valence-corrected chi connectivity index (χ2v) is 4.84. The van der Waals surface area contributed by atoms with E-state index in [2.05, 4.69) is 21.3 Å². The van der Waals surface area contributed by atoms with Crippen molar-refractivity contribution in [3.63, 3.8) is 0 Å². The third-order valence-corrected chi connectivity index (χ3v) is 3.44. The van der Waals surface area contributed by atoms with Gasteiger partial charge in [-0.15, -0.1) is 0 Å². The van der Waals surface area contributed by atoms with Crippen LogP contribution in [0.25, 0.3) is 0 Å². The van der Waals surface area contributed by atoms with Gasteiger partial charge in [0.1, 0.15) is 0 Å². The van der Waals surface area contributed by atoms with Crippen LogP contribution in [0.5, 0.6) is 0 Å². The molecule has 0 radical (unpaired) electrons. The number of carbonyl (C=O) groups is 1. The minimum absolute atomic E-state index is 0.0349. The van der Waals surface area contributed by atoms with E-state index in [1.165, 1.54) is 5.69 Å². The van der Waals surface area contributed by atoms with Gasteiger partial charge in [0, 0.05) is 36.7 Å². The summed E-state index contributed by atoms with van der Waals surface area (Å²) in [4.78, 5) is 11.5.